The number of carbonyl (C=O) groups excluding carboxylic acids is 1. The molecule has 2 aromatic heterocycles. The number of hydrogen-bond acceptors (Lipinski definition) is 4. The smallest absolute Gasteiger partial charge is 0.274 e. The van der Waals surface area contributed by atoms with Crippen molar-refractivity contribution in [3.8, 4) is 0 Å². The van der Waals surface area contributed by atoms with Crippen molar-refractivity contribution in [3.63, 3.8) is 0 Å². The topological polar surface area (TPSA) is 83.8 Å². The Morgan fingerprint density at radius 2 is 2.44 bits per heavy atom. The van der Waals surface area contributed by atoms with Gasteiger partial charge in [-0.2, -0.15) is 5.10 Å². The highest BCUT2D eigenvalue weighted by molar-refractivity contribution is 7.09. The van der Waals surface area contributed by atoms with Gasteiger partial charge in [0, 0.05) is 17.3 Å². The zero-order valence-electron chi connectivity index (χ0n) is 10.4. The van der Waals surface area contributed by atoms with Crippen molar-refractivity contribution in [1.29, 1.82) is 0 Å². The summed E-state index contributed by atoms with van der Waals surface area (Å²) >= 11 is 1.68. The first-order valence-corrected chi connectivity index (χ1v) is 6.59. The molecule has 1 atom stereocenters. The van der Waals surface area contributed by atoms with Gasteiger partial charge >= 0.3 is 0 Å². The molecule has 4 N–H and O–H groups in total. The van der Waals surface area contributed by atoms with Crippen LogP contribution in [0.25, 0.3) is 0 Å². The average molecular weight is 264 g/mol. The molecule has 0 bridgehead atoms. The van der Waals surface area contributed by atoms with Gasteiger partial charge in [0.2, 0.25) is 0 Å². The minimum absolute atomic E-state index is 0.0487. The lowest BCUT2D eigenvalue weighted by molar-refractivity contribution is 0.0936. The van der Waals surface area contributed by atoms with E-state index in [-0.39, 0.29) is 17.6 Å². The highest BCUT2D eigenvalue weighted by atomic mass is 32.1. The number of rotatable bonds is 4. The summed E-state index contributed by atoms with van der Waals surface area (Å²) in [5.74, 6) is -0.235. The zero-order chi connectivity index (χ0) is 13.1. The molecule has 2 aromatic rings. The van der Waals surface area contributed by atoms with Crippen LogP contribution < -0.4 is 11.1 Å². The maximum absolute atomic E-state index is 11.9. The SMILES string of the molecule is Cc1[nH]nc(C(=O)NC(C)Cc2cccs2)c1N. The largest absolute Gasteiger partial charge is 0.395 e. The number of aryl methyl sites for hydroxylation is 1. The first-order chi connectivity index (χ1) is 8.58. The molecule has 96 valence electrons. The molecule has 0 fully saturated rings. The second kappa shape index (κ2) is 5.22. The standard InChI is InChI=1S/C12H16N4OS/c1-7(6-9-4-3-5-18-9)14-12(17)11-10(13)8(2)15-16-11/h3-5,7H,6,13H2,1-2H3,(H,14,17)(H,15,16). The van der Waals surface area contributed by atoms with Gasteiger partial charge in [0.1, 0.15) is 0 Å². The maximum atomic E-state index is 11.9. The van der Waals surface area contributed by atoms with Crippen LogP contribution in [0.1, 0.15) is 28.0 Å². The van der Waals surface area contributed by atoms with Crippen LogP contribution in [-0.4, -0.2) is 22.1 Å². The van der Waals surface area contributed by atoms with Crippen molar-refractivity contribution in [1.82, 2.24) is 15.5 Å². The Morgan fingerprint density at radius 1 is 1.67 bits per heavy atom. The Kier molecular flexibility index (Phi) is 3.66. The number of anilines is 1. The molecule has 0 aromatic carbocycles. The summed E-state index contributed by atoms with van der Waals surface area (Å²) in [5.41, 5.74) is 7.16. The van der Waals surface area contributed by atoms with E-state index in [1.54, 1.807) is 18.3 Å². The number of aromatic nitrogens is 2. The Labute approximate surface area is 109 Å². The molecule has 0 radical (unpaired) electrons. The summed E-state index contributed by atoms with van der Waals surface area (Å²) in [7, 11) is 0. The van der Waals surface area contributed by atoms with Crippen LogP contribution in [0.5, 0.6) is 0 Å². The van der Waals surface area contributed by atoms with Crippen LogP contribution in [0.2, 0.25) is 0 Å². The second-order valence-electron chi connectivity index (χ2n) is 4.27. The third-order valence-corrected chi connectivity index (χ3v) is 3.57. The van der Waals surface area contributed by atoms with Gasteiger partial charge in [0.25, 0.3) is 5.91 Å². The van der Waals surface area contributed by atoms with Crippen LogP contribution in [0.15, 0.2) is 17.5 Å². The summed E-state index contributed by atoms with van der Waals surface area (Å²) < 4.78 is 0. The number of carbonyl (C=O) groups is 1. The molecule has 0 aliphatic rings. The number of nitrogen functional groups attached to an aromatic ring is 1. The molecule has 2 heterocycles. The molecule has 2 rings (SSSR count). The fourth-order valence-electron chi connectivity index (χ4n) is 1.68. The van der Waals surface area contributed by atoms with Gasteiger partial charge in [-0.05, 0) is 25.3 Å². The number of nitrogens with zero attached hydrogens (tertiary/aromatic N) is 1. The number of H-pyrrole nitrogens is 1. The van der Waals surface area contributed by atoms with Gasteiger partial charge in [-0.25, -0.2) is 0 Å². The summed E-state index contributed by atoms with van der Waals surface area (Å²) in [5, 5.41) is 11.5. The van der Waals surface area contributed by atoms with E-state index in [1.807, 2.05) is 18.4 Å². The van der Waals surface area contributed by atoms with Crippen LogP contribution in [0.3, 0.4) is 0 Å². The normalized spacial score (nSPS) is 12.3. The molecule has 0 saturated carbocycles. The van der Waals surface area contributed by atoms with E-state index in [0.29, 0.717) is 11.4 Å². The van der Waals surface area contributed by atoms with Crippen LogP contribution in [-0.2, 0) is 6.42 Å². The molecule has 0 aliphatic heterocycles. The van der Waals surface area contributed by atoms with Gasteiger partial charge < -0.3 is 11.1 Å². The van der Waals surface area contributed by atoms with Gasteiger partial charge in [-0.15, -0.1) is 11.3 Å². The minimum Gasteiger partial charge on any atom is -0.395 e. The van der Waals surface area contributed by atoms with Crippen molar-refractivity contribution >= 4 is 22.9 Å². The third-order valence-electron chi connectivity index (χ3n) is 2.67. The molecular formula is C12H16N4OS. The summed E-state index contributed by atoms with van der Waals surface area (Å²) in [4.78, 5) is 13.2. The number of hydrogen-bond donors (Lipinski definition) is 3. The summed E-state index contributed by atoms with van der Waals surface area (Å²) in [6, 6.07) is 4.11. The third kappa shape index (κ3) is 2.70. The lowest BCUT2D eigenvalue weighted by Gasteiger charge is -2.12. The minimum atomic E-state index is -0.235. The van der Waals surface area contributed by atoms with E-state index in [4.69, 9.17) is 5.73 Å². The molecule has 1 amide bonds. The lowest BCUT2D eigenvalue weighted by atomic mass is 10.2. The van der Waals surface area contributed by atoms with Crippen molar-refractivity contribution in [2.24, 2.45) is 0 Å². The number of amides is 1. The predicted molar refractivity (Wildman–Crippen MR) is 72.7 cm³/mol. The quantitative estimate of drug-likeness (QED) is 0.786. The lowest BCUT2D eigenvalue weighted by Crippen LogP contribution is -2.34. The Hall–Kier alpha value is -1.82. The van der Waals surface area contributed by atoms with Gasteiger partial charge in [-0.1, -0.05) is 6.07 Å². The van der Waals surface area contributed by atoms with Crippen molar-refractivity contribution < 1.29 is 4.79 Å². The van der Waals surface area contributed by atoms with Crippen LogP contribution >= 0.6 is 11.3 Å². The Morgan fingerprint density at radius 3 is 3.00 bits per heavy atom. The number of nitrogens with two attached hydrogens (primary N) is 1. The molecule has 18 heavy (non-hydrogen) atoms. The first kappa shape index (κ1) is 12.6. The molecular weight excluding hydrogens is 248 g/mol. The molecule has 0 aliphatic carbocycles. The van der Waals surface area contributed by atoms with E-state index in [1.165, 1.54) is 4.88 Å². The summed E-state index contributed by atoms with van der Waals surface area (Å²) in [6.07, 6.45) is 0.812. The van der Waals surface area contributed by atoms with Gasteiger partial charge in [0.15, 0.2) is 5.69 Å². The predicted octanol–water partition coefficient (Wildman–Crippen LogP) is 1.72. The van der Waals surface area contributed by atoms with Crippen LogP contribution in [0.4, 0.5) is 5.69 Å². The van der Waals surface area contributed by atoms with E-state index in [9.17, 15) is 4.79 Å². The van der Waals surface area contributed by atoms with Gasteiger partial charge in [0.05, 0.1) is 11.4 Å². The monoisotopic (exact) mass is 264 g/mol. The summed E-state index contributed by atoms with van der Waals surface area (Å²) in [6.45, 7) is 3.75. The molecule has 6 heteroatoms. The number of nitrogens with one attached hydrogen (secondary N) is 2. The first-order valence-electron chi connectivity index (χ1n) is 5.71. The Balaban J connectivity index is 1.97. The fraction of sp³-hybridized carbons (Fsp3) is 0.333. The van der Waals surface area contributed by atoms with E-state index < -0.39 is 0 Å². The molecule has 5 nitrogen and oxygen atoms in total. The van der Waals surface area contributed by atoms with Crippen LogP contribution in [0, 0.1) is 6.92 Å². The fourth-order valence-corrected chi connectivity index (χ4v) is 2.52. The van der Waals surface area contributed by atoms with E-state index in [0.717, 1.165) is 6.42 Å². The maximum Gasteiger partial charge on any atom is 0.274 e. The van der Waals surface area contributed by atoms with Gasteiger partial charge in [-0.3, -0.25) is 9.89 Å². The highest BCUT2D eigenvalue weighted by Gasteiger charge is 2.17. The average Bonchev–Trinajstić information content (AvgIpc) is 2.91. The van der Waals surface area contributed by atoms with Crippen molar-refractivity contribution in [2.75, 3.05) is 5.73 Å². The molecule has 1 unspecified atom stereocenters. The highest BCUT2D eigenvalue weighted by Crippen LogP contribution is 2.14. The van der Waals surface area contributed by atoms with E-state index in [2.05, 4.69) is 21.6 Å². The number of aromatic amines is 1. The Bertz CT molecular complexity index is 532. The van der Waals surface area contributed by atoms with Crippen molar-refractivity contribution in [3.05, 3.63) is 33.8 Å². The molecule has 0 saturated heterocycles. The van der Waals surface area contributed by atoms with Crippen molar-refractivity contribution in [2.45, 2.75) is 26.3 Å². The zero-order valence-corrected chi connectivity index (χ0v) is 11.2. The molecule has 0 spiro atoms. The number of thiophene rings is 1. The van der Waals surface area contributed by atoms with E-state index >= 15 is 0 Å². The second-order valence-corrected chi connectivity index (χ2v) is 5.30.